The number of anilines is 3. The van der Waals surface area contributed by atoms with Crippen molar-refractivity contribution in [3.8, 4) is 0 Å². The maximum atomic E-state index is 13.8. The van der Waals surface area contributed by atoms with E-state index in [-0.39, 0.29) is 11.5 Å². The molecule has 1 heterocycles. The van der Waals surface area contributed by atoms with Crippen LogP contribution in [0.1, 0.15) is 19.4 Å². The van der Waals surface area contributed by atoms with Crippen molar-refractivity contribution in [2.24, 2.45) is 0 Å². The molecule has 1 aromatic heterocycles. The number of rotatable bonds is 6. The molecule has 0 amide bonds. The van der Waals surface area contributed by atoms with E-state index in [4.69, 9.17) is 4.42 Å². The van der Waals surface area contributed by atoms with Gasteiger partial charge in [-0.05, 0) is 75.4 Å². The lowest BCUT2D eigenvalue weighted by atomic mass is 10.1. The van der Waals surface area contributed by atoms with Crippen molar-refractivity contribution in [3.05, 3.63) is 135 Å². The Morgan fingerprint density at radius 3 is 2.26 bits per heavy atom. The first kappa shape index (κ1) is 25.1. The maximum Gasteiger partial charge on any atom is 0.200 e. The molecular formula is C34H32N2O2. The number of hydrogen-bond acceptors (Lipinski definition) is 4. The third kappa shape index (κ3) is 4.61. The number of likely N-dealkylation sites (N-methyl/N-ethyl adjacent to an activating group) is 1. The predicted molar refractivity (Wildman–Crippen MR) is 160 cm³/mol. The van der Waals surface area contributed by atoms with Gasteiger partial charge in [0.05, 0.1) is 22.3 Å². The number of hydrogen-bond donors (Lipinski definition) is 0. The number of allylic oxidation sites excluding steroid dienone is 4. The van der Waals surface area contributed by atoms with Crippen LogP contribution in [0.15, 0.2) is 118 Å². The first-order valence-electron chi connectivity index (χ1n) is 12.9. The van der Waals surface area contributed by atoms with E-state index in [2.05, 4.69) is 52.3 Å². The number of para-hydroxylation sites is 2. The third-order valence-electron chi connectivity index (χ3n) is 6.99. The van der Waals surface area contributed by atoms with Gasteiger partial charge in [-0.2, -0.15) is 0 Å². The molecule has 0 radical (unpaired) electrons. The smallest absolute Gasteiger partial charge is 0.200 e. The quantitative estimate of drug-likeness (QED) is 0.289. The summed E-state index contributed by atoms with van der Waals surface area (Å²) in [6, 6.07) is 24.2. The van der Waals surface area contributed by atoms with Crippen LogP contribution in [-0.2, 0) is 0 Å². The summed E-state index contributed by atoms with van der Waals surface area (Å²) in [5, 5.41) is 1.17. The van der Waals surface area contributed by atoms with Crippen molar-refractivity contribution in [1.29, 1.82) is 0 Å². The van der Waals surface area contributed by atoms with Gasteiger partial charge in [0, 0.05) is 29.7 Å². The minimum Gasteiger partial charge on any atom is -0.455 e. The number of fused-ring (bicyclic) bond motifs is 2. The van der Waals surface area contributed by atoms with Crippen LogP contribution in [0, 0.1) is 6.92 Å². The van der Waals surface area contributed by atoms with E-state index in [9.17, 15) is 4.79 Å². The van der Waals surface area contributed by atoms with Gasteiger partial charge in [0.15, 0.2) is 5.43 Å². The summed E-state index contributed by atoms with van der Waals surface area (Å²) in [5.74, 6) is 0. The van der Waals surface area contributed by atoms with Crippen LogP contribution < -0.4 is 25.9 Å². The lowest BCUT2D eigenvalue weighted by Gasteiger charge is -2.28. The lowest BCUT2D eigenvalue weighted by molar-refractivity contribution is 0.556. The van der Waals surface area contributed by atoms with Crippen LogP contribution in [0.5, 0.6) is 0 Å². The maximum absolute atomic E-state index is 13.8. The van der Waals surface area contributed by atoms with E-state index in [0.29, 0.717) is 21.6 Å². The average molecular weight is 501 g/mol. The fraction of sp³-hybridized carbons (Fsp3) is 0.147. The molecule has 4 heteroatoms. The molecule has 1 aliphatic rings. The molecule has 4 aromatic rings. The summed E-state index contributed by atoms with van der Waals surface area (Å²) < 4.78 is 6.49. The van der Waals surface area contributed by atoms with Crippen LogP contribution in [0.4, 0.5) is 17.1 Å². The summed E-state index contributed by atoms with van der Waals surface area (Å²) in [6.45, 7) is 6.06. The van der Waals surface area contributed by atoms with Crippen LogP contribution in [0.25, 0.3) is 23.1 Å². The summed E-state index contributed by atoms with van der Waals surface area (Å²) in [6.07, 6.45) is 14.1. The largest absolute Gasteiger partial charge is 0.455 e. The SMILES string of the molecule is C/C=C\C(=C/C)N(c1ccccc1)c1ccc2c(=O)c3c(oc2c1C)=CC=CC(N(C)c1ccccc1)C=3. The monoisotopic (exact) mass is 500 g/mol. The molecule has 0 aliphatic heterocycles. The summed E-state index contributed by atoms with van der Waals surface area (Å²) in [4.78, 5) is 18.2. The van der Waals surface area contributed by atoms with Gasteiger partial charge in [0.25, 0.3) is 0 Å². The topological polar surface area (TPSA) is 36.7 Å². The highest BCUT2D eigenvalue weighted by Crippen LogP contribution is 2.35. The van der Waals surface area contributed by atoms with E-state index in [1.165, 1.54) is 0 Å². The predicted octanol–water partition coefficient (Wildman–Crippen LogP) is 6.36. The molecule has 38 heavy (non-hydrogen) atoms. The normalized spacial score (nSPS) is 15.1. The Labute approximate surface area is 223 Å². The highest BCUT2D eigenvalue weighted by atomic mass is 16.3. The highest BCUT2D eigenvalue weighted by molar-refractivity contribution is 5.88. The first-order chi connectivity index (χ1) is 18.5. The van der Waals surface area contributed by atoms with Gasteiger partial charge in [0.2, 0.25) is 0 Å². The Morgan fingerprint density at radius 2 is 1.61 bits per heavy atom. The van der Waals surface area contributed by atoms with Crippen molar-refractivity contribution >= 4 is 40.2 Å². The first-order valence-corrected chi connectivity index (χ1v) is 12.9. The molecule has 4 nitrogen and oxygen atoms in total. The Morgan fingerprint density at radius 1 is 0.921 bits per heavy atom. The van der Waals surface area contributed by atoms with Crippen LogP contribution in [-0.4, -0.2) is 13.1 Å². The molecule has 0 saturated carbocycles. The Kier molecular flexibility index (Phi) is 7.14. The summed E-state index contributed by atoms with van der Waals surface area (Å²) in [5.41, 5.74) is 6.19. The highest BCUT2D eigenvalue weighted by Gasteiger charge is 2.19. The second-order valence-electron chi connectivity index (χ2n) is 9.34. The summed E-state index contributed by atoms with van der Waals surface area (Å²) in [7, 11) is 2.03. The van der Waals surface area contributed by atoms with Crippen molar-refractivity contribution in [2.45, 2.75) is 26.8 Å². The molecule has 190 valence electrons. The van der Waals surface area contributed by atoms with Crippen molar-refractivity contribution < 1.29 is 4.42 Å². The minimum absolute atomic E-state index is 0.0201. The molecule has 0 bridgehead atoms. The van der Waals surface area contributed by atoms with Crippen molar-refractivity contribution in [1.82, 2.24) is 0 Å². The molecule has 0 fully saturated rings. The minimum atomic E-state index is -0.0812. The molecule has 0 spiro atoms. The third-order valence-corrected chi connectivity index (χ3v) is 6.99. The van der Waals surface area contributed by atoms with Gasteiger partial charge in [-0.15, -0.1) is 0 Å². The van der Waals surface area contributed by atoms with Crippen LogP contribution in [0.2, 0.25) is 0 Å². The van der Waals surface area contributed by atoms with Gasteiger partial charge in [0.1, 0.15) is 11.0 Å². The van der Waals surface area contributed by atoms with E-state index in [0.717, 1.165) is 28.3 Å². The van der Waals surface area contributed by atoms with E-state index >= 15 is 0 Å². The fourth-order valence-electron chi connectivity index (χ4n) is 4.97. The number of nitrogens with zero attached hydrogens (tertiary/aromatic N) is 2. The zero-order chi connectivity index (χ0) is 26.6. The summed E-state index contributed by atoms with van der Waals surface area (Å²) >= 11 is 0. The Hall–Kier alpha value is -4.57. The zero-order valence-corrected chi connectivity index (χ0v) is 22.3. The molecular weight excluding hydrogens is 468 g/mol. The second kappa shape index (κ2) is 10.8. The Balaban J connectivity index is 1.69. The Bertz CT molecular complexity index is 1730. The molecule has 0 N–H and O–H groups in total. The number of benzene rings is 3. The van der Waals surface area contributed by atoms with Gasteiger partial charge in [-0.1, -0.05) is 60.7 Å². The van der Waals surface area contributed by atoms with Gasteiger partial charge in [-0.3, -0.25) is 4.79 Å². The van der Waals surface area contributed by atoms with E-state index < -0.39 is 0 Å². The lowest BCUT2D eigenvalue weighted by Crippen LogP contribution is -2.41. The van der Waals surface area contributed by atoms with Crippen LogP contribution >= 0.6 is 0 Å². The van der Waals surface area contributed by atoms with Crippen molar-refractivity contribution in [2.75, 3.05) is 16.8 Å². The molecule has 1 unspecified atom stereocenters. The molecule has 5 rings (SSSR count). The van der Waals surface area contributed by atoms with Crippen LogP contribution in [0.3, 0.4) is 0 Å². The average Bonchev–Trinajstić information content (AvgIpc) is 3.18. The number of aryl methyl sites for hydroxylation is 1. The molecule has 0 saturated heterocycles. The van der Waals surface area contributed by atoms with E-state index in [1.807, 2.05) is 101 Å². The van der Waals surface area contributed by atoms with Gasteiger partial charge in [-0.25, -0.2) is 0 Å². The van der Waals surface area contributed by atoms with E-state index in [1.54, 1.807) is 0 Å². The van der Waals surface area contributed by atoms with Crippen molar-refractivity contribution in [3.63, 3.8) is 0 Å². The fourth-order valence-corrected chi connectivity index (χ4v) is 4.97. The molecule has 1 atom stereocenters. The standard InChI is InChI=1S/C34H32N2O2/c1-5-14-25(6-2)36(27-17-11-8-12-18-27)31-22-21-29-33(37)30-23-28(35(4)26-15-9-7-10-16-26)19-13-20-32(30)38-34(29)24(31)3/h5-23,28H,1-4H3/b14-5-,25-6+. The van der Waals surface area contributed by atoms with Gasteiger partial charge < -0.3 is 14.2 Å². The molecule has 1 aliphatic carbocycles. The molecule has 3 aromatic carbocycles. The second-order valence-corrected chi connectivity index (χ2v) is 9.34. The zero-order valence-electron chi connectivity index (χ0n) is 22.3. The van der Waals surface area contributed by atoms with Gasteiger partial charge >= 0.3 is 0 Å².